The average Bonchev–Trinajstić information content (AvgIpc) is 1.57. The van der Waals surface area contributed by atoms with Crippen molar-refractivity contribution in [3.05, 3.63) is 69.9 Å². The van der Waals surface area contributed by atoms with Gasteiger partial charge >= 0.3 is 36.2 Å². The van der Waals surface area contributed by atoms with E-state index in [2.05, 4.69) is 17.2 Å². The fourth-order valence-corrected chi connectivity index (χ4v) is 23.1. The van der Waals surface area contributed by atoms with Crippen LogP contribution in [0, 0.1) is 69.0 Å². The summed E-state index contributed by atoms with van der Waals surface area (Å²) >= 11 is 17.0. The number of piperazine rings is 2. The predicted octanol–water partition coefficient (Wildman–Crippen LogP) is 17.0. The number of allylic oxidation sites excluding steroid dienone is 1. The largest absolute Gasteiger partial charge is 0.491 e. The van der Waals surface area contributed by atoms with Crippen LogP contribution in [0.1, 0.15) is 172 Å². The monoisotopic (exact) mass is 1970 g/mol. The highest BCUT2D eigenvalue weighted by Gasteiger charge is 2.63. The van der Waals surface area contributed by atoms with Crippen molar-refractivity contribution in [3.63, 3.8) is 0 Å². The number of ether oxygens (including phenoxy) is 6. The van der Waals surface area contributed by atoms with Gasteiger partial charge in [-0.1, -0.05) is 84.2 Å². The molecule has 742 valence electrons. The number of esters is 2. The molecule has 8 heterocycles. The number of carbonyl (C=O) groups is 8. The lowest BCUT2D eigenvalue weighted by molar-refractivity contribution is -0.157. The van der Waals surface area contributed by atoms with E-state index in [1.165, 1.54) is 55.1 Å². The molecule has 4 N–H and O–H groups in total. The van der Waals surface area contributed by atoms with Gasteiger partial charge in [-0.2, -0.15) is 26.3 Å². The number of halogens is 8. The second-order valence-corrected chi connectivity index (χ2v) is 44.3. The zero-order valence-corrected chi connectivity index (χ0v) is 82.1. The van der Waals surface area contributed by atoms with Crippen LogP contribution in [0.4, 0.5) is 36.6 Å². The molecule has 4 aliphatic heterocycles. The SMILES string of the molecule is C=C[C@@H]1CC1(CC(=O)[C@@H]1C[C@@H](Oc2cc(-c3csc(NC(C)C)n3)nc3c(Cl)c(OCCN4CCN(CC(F)(F)F)CC4)ccc23)CN1C(=O)[C@@H](CC(=O)OC1C[C@@H]2C[C@@H]2C1)C(C)(C)C)C(=O)O.CC[C@@H]1CC1(CC(=O)[C@@H]1C[C@@H](Oc2cc(-c3csc(NC(C)C)n3)nc3c(Cl)c(OCCN4CCN(CC(F)(F)F)CC4)ccc23)CN1C(=O)[C@@H](CC(=O)OC1C[C@@H]2C[C@@H]2C1)C(C)(C)C)C(=O)O. The molecule has 16 atom stereocenters. The van der Waals surface area contributed by atoms with E-state index in [0.29, 0.717) is 180 Å². The minimum absolute atomic E-state index is 0.00215. The van der Waals surface area contributed by atoms with Crippen molar-refractivity contribution in [2.45, 2.75) is 233 Å². The number of anilines is 2. The first-order valence-electron chi connectivity index (χ1n) is 47.7. The Morgan fingerprint density at radius 2 is 0.904 bits per heavy atom. The van der Waals surface area contributed by atoms with Gasteiger partial charge in [0.25, 0.3) is 0 Å². The van der Waals surface area contributed by atoms with Crippen molar-refractivity contribution in [3.8, 4) is 45.8 Å². The van der Waals surface area contributed by atoms with Gasteiger partial charge in [0, 0.05) is 137 Å². The second kappa shape index (κ2) is 41.2. The van der Waals surface area contributed by atoms with E-state index < -0.39 is 119 Å². The smallest absolute Gasteiger partial charge is 0.401 e. The van der Waals surface area contributed by atoms with Crippen molar-refractivity contribution in [1.82, 2.24) is 49.3 Å². The van der Waals surface area contributed by atoms with Gasteiger partial charge in [-0.3, -0.25) is 58.0 Å². The lowest BCUT2D eigenvalue weighted by Gasteiger charge is -2.35. The number of amides is 2. The van der Waals surface area contributed by atoms with Crippen LogP contribution in [-0.4, -0.2) is 273 Å². The summed E-state index contributed by atoms with van der Waals surface area (Å²) in [6.45, 7) is 27.6. The third-order valence-electron chi connectivity index (χ3n) is 28.9. The number of carboxylic acids is 2. The topological polar surface area (TPSA) is 327 Å². The highest BCUT2D eigenvalue weighted by atomic mass is 35.5. The number of aromatic nitrogens is 4. The Morgan fingerprint density at radius 1 is 0.522 bits per heavy atom. The number of nitrogens with zero attached hydrogens (tertiary/aromatic N) is 10. The first kappa shape index (κ1) is 102. The fourth-order valence-electron chi connectivity index (χ4n) is 20.9. The van der Waals surface area contributed by atoms with E-state index in [1.54, 1.807) is 42.5 Å². The third-order valence-corrected chi connectivity index (χ3v) is 31.2. The van der Waals surface area contributed by atoms with Crippen LogP contribution in [0.5, 0.6) is 23.0 Å². The molecule has 4 aromatic heterocycles. The summed E-state index contributed by atoms with van der Waals surface area (Å²) in [6, 6.07) is 8.64. The lowest BCUT2D eigenvalue weighted by Crippen LogP contribution is -2.49. The molecule has 10 aliphatic rings. The number of pyridine rings is 2. The van der Waals surface area contributed by atoms with Gasteiger partial charge in [0.2, 0.25) is 11.8 Å². The van der Waals surface area contributed by atoms with Crippen molar-refractivity contribution in [2.24, 2.45) is 69.0 Å². The molecule has 0 spiro atoms. The second-order valence-electron chi connectivity index (χ2n) is 41.8. The average molecular weight is 1980 g/mol. The maximum absolute atomic E-state index is 14.9. The third kappa shape index (κ3) is 24.4. The maximum atomic E-state index is 14.9. The Kier molecular flexibility index (Phi) is 30.8. The Balaban J connectivity index is 0.000000207. The summed E-state index contributed by atoms with van der Waals surface area (Å²) in [7, 11) is 0. The number of carbonyl (C=O) groups excluding carboxylic acids is 6. The zero-order chi connectivity index (χ0) is 97.7. The summed E-state index contributed by atoms with van der Waals surface area (Å²) < 4.78 is 115. The van der Waals surface area contributed by atoms with Crippen LogP contribution in [0.3, 0.4) is 0 Å². The maximum Gasteiger partial charge on any atom is 0.401 e. The van der Waals surface area contributed by atoms with E-state index in [-0.39, 0.29) is 129 Å². The van der Waals surface area contributed by atoms with Gasteiger partial charge in [0.05, 0.1) is 96.2 Å². The van der Waals surface area contributed by atoms with Gasteiger partial charge in [-0.15, -0.1) is 29.3 Å². The Bertz CT molecular complexity index is 5410. The summed E-state index contributed by atoms with van der Waals surface area (Å²) in [6.07, 6.45) is -2.45. The fraction of sp³-hybridized carbons (Fsp3) is 0.653. The molecule has 6 aromatic rings. The molecule has 28 nitrogen and oxygen atoms in total. The van der Waals surface area contributed by atoms with E-state index in [1.807, 2.05) is 96.7 Å². The standard InChI is InChI=1S/C49H64ClF3N6O8S.C49H62ClF3N6O8S/c2*1-7-30-22-48(30,45(63)64)23-38(60)37-19-32(24-59(37)44(62)34(47(4,5)6)20-41(61)67-31-17-28-16-29(28)18-31)66-40-21-35(36-25-68-46(56-36)54-27(2)3)55-43-33(40)8-9-39(42(43)50)65-15-14-57-10-12-58(13-11-57)26-49(51,52)53/h8-9,21,25,27-32,34,37H,7,10-20,22-24,26H2,1-6H3,(H,54,56)(H,63,64);7-9,21,25,27-32,34,37H,1,10-20,22-24,26H2,2-6H3,(H,54,56)(H,63,64)/t2*28-,29+,30-,31?,32-,34-,37+,48?/m11/s1. The van der Waals surface area contributed by atoms with Crippen molar-refractivity contribution >= 4 is 125 Å². The number of rotatable bonds is 38. The molecule has 38 heteroatoms. The summed E-state index contributed by atoms with van der Waals surface area (Å²) in [5, 5.41) is 33.8. The quantitative estimate of drug-likeness (QED) is 0.0159. The molecule has 2 aromatic carbocycles. The predicted molar refractivity (Wildman–Crippen MR) is 504 cm³/mol. The molecule has 6 saturated carbocycles. The molecule has 16 rings (SSSR count). The highest BCUT2D eigenvalue weighted by molar-refractivity contribution is 7.14. The van der Waals surface area contributed by atoms with Crippen LogP contribution < -0.4 is 29.6 Å². The van der Waals surface area contributed by atoms with E-state index in [0.717, 1.165) is 25.7 Å². The minimum Gasteiger partial charge on any atom is -0.491 e. The Hall–Kier alpha value is -8.78. The summed E-state index contributed by atoms with van der Waals surface area (Å²) in [4.78, 5) is 140. The molecular formula is C98H126Cl2F6N12O16S2. The number of hydrogen-bond donors (Lipinski definition) is 4. The van der Waals surface area contributed by atoms with E-state index in [9.17, 15) is 74.9 Å². The van der Waals surface area contributed by atoms with Crippen molar-refractivity contribution < 1.29 is 103 Å². The first-order valence-corrected chi connectivity index (χ1v) is 50.2. The van der Waals surface area contributed by atoms with E-state index >= 15 is 0 Å². The number of thiazole rings is 2. The number of hydrogen-bond acceptors (Lipinski definition) is 26. The zero-order valence-electron chi connectivity index (χ0n) is 79.0. The molecular weight excluding hydrogens is 1850 g/mol. The number of Topliss-reactive ketones (excluding diaryl/α,β-unsaturated/α-hetero) is 2. The van der Waals surface area contributed by atoms with Crippen molar-refractivity contribution in [2.75, 3.05) is 115 Å². The Labute approximate surface area is 806 Å². The van der Waals surface area contributed by atoms with Crippen LogP contribution in [0.2, 0.25) is 10.0 Å². The molecule has 6 aliphatic carbocycles. The number of carboxylic acid groups (broad SMARTS) is 2. The Morgan fingerprint density at radius 3 is 1.24 bits per heavy atom. The first-order chi connectivity index (χ1) is 64.2. The molecule has 4 unspecified atom stereocenters. The normalized spacial score (nSPS) is 26.7. The molecule has 4 saturated heterocycles. The van der Waals surface area contributed by atoms with Crippen LogP contribution in [0.25, 0.3) is 44.6 Å². The van der Waals surface area contributed by atoms with Gasteiger partial charge in [0.15, 0.2) is 21.8 Å². The van der Waals surface area contributed by atoms with E-state index in [4.69, 9.17) is 71.6 Å². The molecule has 2 amide bonds. The number of fused-ring (bicyclic) bond motifs is 4. The molecule has 10 fully saturated rings. The summed E-state index contributed by atoms with van der Waals surface area (Å²) in [5.74, 6) is -2.94. The van der Waals surface area contributed by atoms with Gasteiger partial charge in [-0.25, -0.2) is 19.9 Å². The number of aliphatic carboxylic acids is 2. The number of nitrogens with one attached hydrogen (secondary N) is 2. The number of alkyl halides is 6. The molecule has 0 bridgehead atoms. The molecule has 0 radical (unpaired) electrons. The highest BCUT2D eigenvalue weighted by Crippen LogP contribution is 2.60. The number of ketones is 2. The van der Waals surface area contributed by atoms with Crippen LogP contribution in [-0.2, 0) is 47.8 Å². The number of likely N-dealkylation sites (tertiary alicyclic amines) is 2. The number of benzene rings is 2. The minimum atomic E-state index is -4.25. The summed E-state index contributed by atoms with van der Waals surface area (Å²) in [5.41, 5.74) is -1.21. The van der Waals surface area contributed by atoms with Gasteiger partial charge < -0.3 is 59.1 Å². The van der Waals surface area contributed by atoms with Gasteiger partial charge in [0.1, 0.15) is 82.1 Å². The van der Waals surface area contributed by atoms with Crippen molar-refractivity contribution in [1.29, 1.82) is 0 Å². The molecule has 136 heavy (non-hydrogen) atoms. The van der Waals surface area contributed by atoms with Crippen LogP contribution in [0.15, 0.2) is 59.8 Å². The van der Waals surface area contributed by atoms with Gasteiger partial charge in [-0.05, 0) is 150 Å². The lowest BCUT2D eigenvalue weighted by atomic mass is 9.77. The van der Waals surface area contributed by atoms with Crippen LogP contribution >= 0.6 is 45.9 Å².